The Bertz CT molecular complexity index is 269. The Morgan fingerprint density at radius 1 is 1.33 bits per heavy atom. The molecule has 0 bridgehead atoms. The summed E-state index contributed by atoms with van der Waals surface area (Å²) in [6, 6.07) is 5.09. The van der Waals surface area contributed by atoms with E-state index < -0.39 is 0 Å². The van der Waals surface area contributed by atoms with E-state index in [1.807, 2.05) is 27.0 Å². The molecule has 2 heteroatoms. The van der Waals surface area contributed by atoms with Crippen molar-refractivity contribution >= 4 is 5.69 Å². The van der Waals surface area contributed by atoms with Gasteiger partial charge in [-0.15, -0.1) is 0 Å². The molecule has 1 N–H and O–H groups in total. The van der Waals surface area contributed by atoms with Crippen LogP contribution in [-0.2, 0) is 0 Å². The monoisotopic (exact) mass is 167 g/mol. The van der Waals surface area contributed by atoms with Crippen molar-refractivity contribution in [3.05, 3.63) is 29.6 Å². The van der Waals surface area contributed by atoms with E-state index in [0.717, 1.165) is 11.3 Å². The SMILES string of the molecule is CNc1ccc(F)c(C(C)C)c1. The van der Waals surface area contributed by atoms with E-state index in [9.17, 15) is 4.39 Å². The number of hydrogen-bond donors (Lipinski definition) is 1. The molecular weight excluding hydrogens is 153 g/mol. The highest BCUT2D eigenvalue weighted by atomic mass is 19.1. The van der Waals surface area contributed by atoms with Gasteiger partial charge in [-0.2, -0.15) is 0 Å². The molecule has 12 heavy (non-hydrogen) atoms. The van der Waals surface area contributed by atoms with Gasteiger partial charge < -0.3 is 5.32 Å². The number of nitrogens with one attached hydrogen (secondary N) is 1. The predicted octanol–water partition coefficient (Wildman–Crippen LogP) is 2.99. The molecule has 1 rings (SSSR count). The average Bonchev–Trinajstić information content (AvgIpc) is 2.05. The van der Waals surface area contributed by atoms with Crippen LogP contribution in [0.15, 0.2) is 18.2 Å². The van der Waals surface area contributed by atoms with Gasteiger partial charge in [0.1, 0.15) is 5.82 Å². The van der Waals surface area contributed by atoms with Crippen molar-refractivity contribution in [1.82, 2.24) is 0 Å². The summed E-state index contributed by atoms with van der Waals surface area (Å²) in [7, 11) is 1.83. The largest absolute Gasteiger partial charge is 0.388 e. The maximum absolute atomic E-state index is 13.1. The molecule has 0 saturated heterocycles. The first-order valence-electron chi connectivity index (χ1n) is 4.12. The minimum Gasteiger partial charge on any atom is -0.388 e. The van der Waals surface area contributed by atoms with E-state index in [-0.39, 0.29) is 11.7 Å². The van der Waals surface area contributed by atoms with Gasteiger partial charge in [0, 0.05) is 12.7 Å². The van der Waals surface area contributed by atoms with Crippen LogP contribution < -0.4 is 5.32 Å². The van der Waals surface area contributed by atoms with E-state index in [2.05, 4.69) is 5.32 Å². The molecule has 0 aliphatic carbocycles. The molecule has 0 heterocycles. The highest BCUT2D eigenvalue weighted by molar-refractivity contribution is 5.46. The predicted molar refractivity (Wildman–Crippen MR) is 50.0 cm³/mol. The highest BCUT2D eigenvalue weighted by Gasteiger charge is 2.06. The first kappa shape index (κ1) is 9.04. The molecule has 0 unspecified atom stereocenters. The zero-order chi connectivity index (χ0) is 9.14. The normalized spacial score (nSPS) is 10.4. The van der Waals surface area contributed by atoms with Crippen LogP contribution in [0.5, 0.6) is 0 Å². The lowest BCUT2D eigenvalue weighted by molar-refractivity contribution is 0.598. The number of halogens is 1. The molecule has 1 aromatic rings. The minimum absolute atomic E-state index is 0.121. The van der Waals surface area contributed by atoms with Gasteiger partial charge in [0.2, 0.25) is 0 Å². The average molecular weight is 167 g/mol. The Kier molecular flexibility index (Phi) is 2.69. The fraction of sp³-hybridized carbons (Fsp3) is 0.400. The number of rotatable bonds is 2. The van der Waals surface area contributed by atoms with Gasteiger partial charge >= 0.3 is 0 Å². The molecule has 0 amide bonds. The van der Waals surface area contributed by atoms with Crippen molar-refractivity contribution in [2.75, 3.05) is 12.4 Å². The summed E-state index contributed by atoms with van der Waals surface area (Å²) in [6.45, 7) is 3.97. The van der Waals surface area contributed by atoms with Crippen LogP contribution in [0.3, 0.4) is 0 Å². The summed E-state index contributed by atoms with van der Waals surface area (Å²) in [6.07, 6.45) is 0. The lowest BCUT2D eigenvalue weighted by atomic mass is 10.0. The Morgan fingerprint density at radius 3 is 2.50 bits per heavy atom. The van der Waals surface area contributed by atoms with Crippen LogP contribution in [0.25, 0.3) is 0 Å². The summed E-state index contributed by atoms with van der Waals surface area (Å²) >= 11 is 0. The van der Waals surface area contributed by atoms with Crippen molar-refractivity contribution in [3.8, 4) is 0 Å². The Morgan fingerprint density at radius 2 is 2.00 bits per heavy atom. The van der Waals surface area contributed by atoms with Gasteiger partial charge in [-0.3, -0.25) is 0 Å². The van der Waals surface area contributed by atoms with Crippen LogP contribution in [0.2, 0.25) is 0 Å². The van der Waals surface area contributed by atoms with E-state index in [1.54, 1.807) is 6.07 Å². The molecule has 0 aromatic heterocycles. The second kappa shape index (κ2) is 3.57. The van der Waals surface area contributed by atoms with Crippen LogP contribution in [-0.4, -0.2) is 7.05 Å². The molecule has 66 valence electrons. The van der Waals surface area contributed by atoms with Gasteiger partial charge in [-0.25, -0.2) is 4.39 Å². The second-order valence-electron chi connectivity index (χ2n) is 3.14. The van der Waals surface area contributed by atoms with Crippen molar-refractivity contribution in [1.29, 1.82) is 0 Å². The lowest BCUT2D eigenvalue weighted by Crippen LogP contribution is -1.95. The van der Waals surface area contributed by atoms with Crippen LogP contribution in [0, 0.1) is 5.82 Å². The third-order valence-electron chi connectivity index (χ3n) is 1.91. The standard InChI is InChI=1S/C10H14FN/c1-7(2)9-6-8(12-3)4-5-10(9)11/h4-7,12H,1-3H3. The number of anilines is 1. The fourth-order valence-electron chi connectivity index (χ4n) is 1.14. The fourth-order valence-corrected chi connectivity index (χ4v) is 1.14. The zero-order valence-corrected chi connectivity index (χ0v) is 7.69. The molecule has 0 atom stereocenters. The van der Waals surface area contributed by atoms with E-state index >= 15 is 0 Å². The number of hydrogen-bond acceptors (Lipinski definition) is 1. The van der Waals surface area contributed by atoms with Crippen molar-refractivity contribution in [3.63, 3.8) is 0 Å². The van der Waals surface area contributed by atoms with Gasteiger partial charge in [0.25, 0.3) is 0 Å². The molecule has 0 spiro atoms. The molecule has 0 aliphatic heterocycles. The first-order chi connectivity index (χ1) is 5.65. The highest BCUT2D eigenvalue weighted by Crippen LogP contribution is 2.21. The van der Waals surface area contributed by atoms with Crippen LogP contribution >= 0.6 is 0 Å². The quantitative estimate of drug-likeness (QED) is 0.714. The summed E-state index contributed by atoms with van der Waals surface area (Å²) in [5.74, 6) is 0.113. The lowest BCUT2D eigenvalue weighted by Gasteiger charge is -2.08. The molecule has 0 saturated carbocycles. The zero-order valence-electron chi connectivity index (χ0n) is 7.69. The molecule has 1 nitrogen and oxygen atoms in total. The summed E-state index contributed by atoms with van der Waals surface area (Å²) in [4.78, 5) is 0. The Labute approximate surface area is 72.6 Å². The summed E-state index contributed by atoms with van der Waals surface area (Å²) in [5, 5.41) is 2.98. The molecular formula is C10H14FN. The third-order valence-corrected chi connectivity index (χ3v) is 1.91. The smallest absolute Gasteiger partial charge is 0.126 e. The van der Waals surface area contributed by atoms with E-state index in [4.69, 9.17) is 0 Å². The molecule has 0 aliphatic rings. The Balaban J connectivity index is 3.08. The van der Waals surface area contributed by atoms with Crippen molar-refractivity contribution < 1.29 is 4.39 Å². The van der Waals surface area contributed by atoms with E-state index in [1.165, 1.54) is 6.07 Å². The first-order valence-corrected chi connectivity index (χ1v) is 4.12. The molecule has 1 aromatic carbocycles. The summed E-state index contributed by atoms with van der Waals surface area (Å²) < 4.78 is 13.1. The maximum atomic E-state index is 13.1. The van der Waals surface area contributed by atoms with Gasteiger partial charge in [-0.05, 0) is 29.7 Å². The second-order valence-corrected chi connectivity index (χ2v) is 3.14. The van der Waals surface area contributed by atoms with E-state index in [0.29, 0.717) is 0 Å². The van der Waals surface area contributed by atoms with Gasteiger partial charge in [-0.1, -0.05) is 13.8 Å². The topological polar surface area (TPSA) is 12.0 Å². The van der Waals surface area contributed by atoms with Crippen LogP contribution in [0.4, 0.5) is 10.1 Å². The minimum atomic E-state index is -0.121. The van der Waals surface area contributed by atoms with Gasteiger partial charge in [0.15, 0.2) is 0 Å². The number of benzene rings is 1. The van der Waals surface area contributed by atoms with Crippen LogP contribution in [0.1, 0.15) is 25.3 Å². The maximum Gasteiger partial charge on any atom is 0.126 e. The van der Waals surface area contributed by atoms with Crippen molar-refractivity contribution in [2.24, 2.45) is 0 Å². The van der Waals surface area contributed by atoms with Gasteiger partial charge in [0.05, 0.1) is 0 Å². The van der Waals surface area contributed by atoms with Crippen molar-refractivity contribution in [2.45, 2.75) is 19.8 Å². The third kappa shape index (κ3) is 1.76. The Hall–Kier alpha value is -1.05. The molecule has 0 radical (unpaired) electrons. The molecule has 0 fully saturated rings. The summed E-state index contributed by atoms with van der Waals surface area (Å²) in [5.41, 5.74) is 1.72.